The number of aromatic amines is 1. The molecule has 1 unspecified atom stereocenters. The summed E-state index contributed by atoms with van der Waals surface area (Å²) in [5, 5.41) is 0.182. The molecule has 0 aromatic carbocycles. The molecular weight excluding hydrogens is 412 g/mol. The Bertz CT molecular complexity index is 1030. The van der Waals surface area contributed by atoms with Crippen molar-refractivity contribution in [1.82, 2.24) is 25.2 Å². The van der Waals surface area contributed by atoms with Crippen molar-refractivity contribution in [3.63, 3.8) is 0 Å². The number of nitrogens with zero attached hydrogens (tertiary/aromatic N) is 3. The number of hydroxylamine groups is 1. The van der Waals surface area contributed by atoms with Crippen molar-refractivity contribution >= 4 is 11.1 Å². The summed E-state index contributed by atoms with van der Waals surface area (Å²) in [7, 11) is 2.00. The number of H-pyrrole nitrogens is 1. The molecule has 0 aliphatic carbocycles. The third-order valence-corrected chi connectivity index (χ3v) is 5.68. The van der Waals surface area contributed by atoms with Gasteiger partial charge in [0, 0.05) is 38.7 Å². The van der Waals surface area contributed by atoms with E-state index in [4.69, 9.17) is 9.25 Å². The maximum atomic E-state index is 13.6. The maximum Gasteiger partial charge on any atom is 0.337 e. The predicted molar refractivity (Wildman–Crippen MR) is 111 cm³/mol. The molecule has 3 heterocycles. The number of hydrogen-bond donors (Lipinski definition) is 2. The van der Waals surface area contributed by atoms with Crippen LogP contribution in [-0.2, 0) is 6.42 Å². The number of likely N-dealkylation sites (N-methyl/N-ethyl adjacent to an activating group) is 1. The minimum Gasteiger partial charge on any atom is -0.403 e. The molecule has 3 rings (SSSR count). The summed E-state index contributed by atoms with van der Waals surface area (Å²) in [5.74, 6) is -2.83. The third kappa shape index (κ3) is 5.66. The van der Waals surface area contributed by atoms with Gasteiger partial charge in [0.15, 0.2) is 0 Å². The monoisotopic (exact) mass is 441 g/mol. The molecule has 11 heteroatoms. The van der Waals surface area contributed by atoms with Gasteiger partial charge in [0.05, 0.1) is 0 Å². The molecule has 0 spiro atoms. The molecule has 1 saturated heterocycles. The minimum atomic E-state index is -2.83. The molecule has 2 N–H and O–H groups in total. The first-order valence-corrected chi connectivity index (χ1v) is 10.3. The summed E-state index contributed by atoms with van der Waals surface area (Å²) in [6.45, 7) is 7.37. The van der Waals surface area contributed by atoms with Crippen LogP contribution in [-0.4, -0.2) is 64.6 Å². The Morgan fingerprint density at radius 3 is 2.52 bits per heavy atom. The van der Waals surface area contributed by atoms with Crippen molar-refractivity contribution in [3.8, 4) is 6.01 Å². The van der Waals surface area contributed by atoms with Crippen molar-refractivity contribution in [2.45, 2.75) is 51.6 Å². The van der Waals surface area contributed by atoms with Gasteiger partial charge in [-0.25, -0.2) is 13.6 Å². The molecule has 2 aromatic heterocycles. The zero-order valence-electron chi connectivity index (χ0n) is 18.3. The molecule has 1 aliphatic rings. The second-order valence-corrected chi connectivity index (χ2v) is 8.33. The van der Waals surface area contributed by atoms with Crippen LogP contribution in [0.3, 0.4) is 0 Å². The van der Waals surface area contributed by atoms with Gasteiger partial charge in [0.1, 0.15) is 11.0 Å². The van der Waals surface area contributed by atoms with Gasteiger partial charge in [-0.1, -0.05) is 6.92 Å². The zero-order valence-corrected chi connectivity index (χ0v) is 18.3. The van der Waals surface area contributed by atoms with Crippen LogP contribution < -0.4 is 21.5 Å². The van der Waals surface area contributed by atoms with Crippen LogP contribution in [0, 0.1) is 0 Å². The van der Waals surface area contributed by atoms with Gasteiger partial charge in [-0.2, -0.15) is 4.98 Å². The first-order valence-electron chi connectivity index (χ1n) is 10.3. The molecule has 1 aliphatic heterocycles. The molecule has 0 amide bonds. The average Bonchev–Trinajstić information content (AvgIpc) is 2.69. The fraction of sp³-hybridized carbons (Fsp3) is 0.650. The van der Waals surface area contributed by atoms with E-state index < -0.39 is 22.8 Å². The number of nitrogens with one attached hydrogen (secondary N) is 2. The summed E-state index contributed by atoms with van der Waals surface area (Å²) < 4.78 is 32.2. The van der Waals surface area contributed by atoms with Gasteiger partial charge < -0.3 is 14.2 Å². The molecule has 0 saturated carbocycles. The second-order valence-electron chi connectivity index (χ2n) is 8.33. The Morgan fingerprint density at radius 1 is 1.23 bits per heavy atom. The van der Waals surface area contributed by atoms with Crippen LogP contribution in [0.25, 0.3) is 11.1 Å². The van der Waals surface area contributed by atoms with E-state index in [1.807, 2.05) is 18.9 Å². The number of aromatic nitrogens is 2. The van der Waals surface area contributed by atoms with Crippen LogP contribution in [0.5, 0.6) is 6.01 Å². The highest BCUT2D eigenvalue weighted by Gasteiger charge is 2.37. The number of rotatable bonds is 8. The summed E-state index contributed by atoms with van der Waals surface area (Å²) in [6, 6.07) is 1.05. The number of fused-ring (bicyclic) bond motifs is 1. The molecule has 0 bridgehead atoms. The number of aryl methyl sites for hydroxylation is 1. The molecular formula is C20H29F2N5O4. The Hall–Kier alpha value is -2.37. The van der Waals surface area contributed by atoms with E-state index in [2.05, 4.69) is 20.3 Å². The van der Waals surface area contributed by atoms with Crippen molar-refractivity contribution < 1.29 is 18.0 Å². The van der Waals surface area contributed by atoms with E-state index in [0.717, 1.165) is 20.0 Å². The summed E-state index contributed by atoms with van der Waals surface area (Å²) in [4.78, 5) is 40.6. The molecule has 31 heavy (non-hydrogen) atoms. The van der Waals surface area contributed by atoms with Crippen molar-refractivity contribution in [3.05, 3.63) is 32.4 Å². The molecule has 2 aromatic rings. The van der Waals surface area contributed by atoms with Crippen molar-refractivity contribution in [2.75, 3.05) is 33.2 Å². The highest BCUT2D eigenvalue weighted by atomic mass is 19.3. The number of halogens is 2. The third-order valence-electron chi connectivity index (χ3n) is 5.68. The number of alkyl halides is 2. The Morgan fingerprint density at radius 2 is 1.90 bits per heavy atom. The van der Waals surface area contributed by atoms with Crippen molar-refractivity contribution in [1.29, 1.82) is 0 Å². The standard InChI is InChI=1S/C20H29F2N5O4/c1-5-13-12-14(28)30-17-15(13)16(29)23-18(24-17)31-25-20(3,7-6-19(2,21)22)27-10-8-26(4)9-11-27/h12,25H,5-11H2,1-4H3,(H,23,24,29). The van der Waals surface area contributed by atoms with Crippen LogP contribution in [0.15, 0.2) is 20.1 Å². The minimum absolute atomic E-state index is 0.104. The SMILES string of the molecule is CCc1cc(=O)oc2nc(ONC(C)(CCC(C)(F)F)N3CCN(C)CC3)[nH]c(=O)c12. The predicted octanol–water partition coefficient (Wildman–Crippen LogP) is 1.72. The first kappa shape index (κ1) is 23.3. The van der Waals surface area contributed by atoms with Crippen LogP contribution in [0.4, 0.5) is 8.78 Å². The van der Waals surface area contributed by atoms with Gasteiger partial charge in [0.2, 0.25) is 11.6 Å². The van der Waals surface area contributed by atoms with E-state index in [-0.39, 0.29) is 30.0 Å². The smallest absolute Gasteiger partial charge is 0.337 e. The normalized spacial score (nSPS) is 18.3. The van der Waals surface area contributed by atoms with Gasteiger partial charge in [-0.05, 0) is 39.3 Å². The summed E-state index contributed by atoms with van der Waals surface area (Å²) in [6.07, 6.45) is 0.216. The molecule has 172 valence electrons. The van der Waals surface area contributed by atoms with Gasteiger partial charge in [-0.3, -0.25) is 14.7 Å². The lowest BCUT2D eigenvalue weighted by atomic mass is 10.0. The van der Waals surface area contributed by atoms with Crippen LogP contribution in [0.2, 0.25) is 0 Å². The Balaban J connectivity index is 1.85. The Kier molecular flexibility index (Phi) is 6.77. The van der Waals surface area contributed by atoms with Crippen molar-refractivity contribution in [2.24, 2.45) is 0 Å². The van der Waals surface area contributed by atoms with E-state index in [1.54, 1.807) is 6.92 Å². The quantitative estimate of drug-likeness (QED) is 0.597. The lowest BCUT2D eigenvalue weighted by molar-refractivity contribution is -0.0724. The topological polar surface area (TPSA) is 104 Å². The number of hydrogen-bond acceptors (Lipinski definition) is 8. The van der Waals surface area contributed by atoms with E-state index >= 15 is 0 Å². The summed E-state index contributed by atoms with van der Waals surface area (Å²) >= 11 is 0. The molecule has 1 atom stereocenters. The van der Waals surface area contributed by atoms with E-state index in [9.17, 15) is 18.4 Å². The first-order chi connectivity index (χ1) is 14.5. The fourth-order valence-electron chi connectivity index (χ4n) is 3.65. The lowest BCUT2D eigenvalue weighted by Crippen LogP contribution is -2.63. The van der Waals surface area contributed by atoms with E-state index in [0.29, 0.717) is 25.1 Å². The fourth-order valence-corrected chi connectivity index (χ4v) is 3.65. The number of piperazine rings is 1. The summed E-state index contributed by atoms with van der Waals surface area (Å²) in [5.41, 5.74) is 1.16. The molecule has 0 radical (unpaired) electrons. The van der Waals surface area contributed by atoms with Gasteiger partial charge in [0.25, 0.3) is 5.56 Å². The zero-order chi connectivity index (χ0) is 22.8. The molecule has 1 fully saturated rings. The largest absolute Gasteiger partial charge is 0.403 e. The second kappa shape index (κ2) is 9.01. The Labute approximate surface area is 178 Å². The highest BCUT2D eigenvalue weighted by Crippen LogP contribution is 2.27. The van der Waals surface area contributed by atoms with Gasteiger partial charge in [-0.15, -0.1) is 5.48 Å². The lowest BCUT2D eigenvalue weighted by Gasteiger charge is -2.45. The van der Waals surface area contributed by atoms with Crippen LogP contribution >= 0.6 is 0 Å². The average molecular weight is 441 g/mol. The maximum absolute atomic E-state index is 13.6. The highest BCUT2D eigenvalue weighted by molar-refractivity contribution is 5.75. The molecule has 9 nitrogen and oxygen atoms in total. The van der Waals surface area contributed by atoms with E-state index in [1.165, 1.54) is 6.07 Å². The van der Waals surface area contributed by atoms with Crippen LogP contribution in [0.1, 0.15) is 39.2 Å². The van der Waals surface area contributed by atoms with Gasteiger partial charge >= 0.3 is 11.6 Å².